The molecular formula is C15H24N4. The second-order valence-corrected chi connectivity index (χ2v) is 6.14. The average molecular weight is 260 g/mol. The van der Waals surface area contributed by atoms with Crippen LogP contribution in [0.4, 0.5) is 0 Å². The lowest BCUT2D eigenvalue weighted by Crippen LogP contribution is -2.19. The van der Waals surface area contributed by atoms with Crippen molar-refractivity contribution in [1.82, 2.24) is 14.9 Å². The molecule has 4 heteroatoms. The van der Waals surface area contributed by atoms with Crippen molar-refractivity contribution in [2.24, 2.45) is 5.41 Å². The monoisotopic (exact) mass is 260 g/mol. The van der Waals surface area contributed by atoms with Gasteiger partial charge in [-0.1, -0.05) is 6.42 Å². The molecular weight excluding hydrogens is 236 g/mol. The highest BCUT2D eigenvalue weighted by atomic mass is 15.1. The van der Waals surface area contributed by atoms with E-state index in [1.807, 2.05) is 20.0 Å². The van der Waals surface area contributed by atoms with E-state index in [1.165, 1.54) is 12.8 Å². The Morgan fingerprint density at radius 1 is 1.47 bits per heavy atom. The lowest BCUT2D eigenvalue weighted by molar-refractivity contribution is 0.414. The minimum atomic E-state index is -0.189. The predicted molar refractivity (Wildman–Crippen MR) is 75.3 cm³/mol. The highest BCUT2D eigenvalue weighted by molar-refractivity contribution is 4.94. The van der Waals surface area contributed by atoms with Crippen molar-refractivity contribution in [2.45, 2.75) is 65.1 Å². The van der Waals surface area contributed by atoms with Gasteiger partial charge in [0.2, 0.25) is 0 Å². The SMILES string of the molecule is CC(C)(C#N)CCCCn1ccnc1CNC1CC1. The predicted octanol–water partition coefficient (Wildman–Crippen LogP) is 2.86. The van der Waals surface area contributed by atoms with Crippen molar-refractivity contribution in [2.75, 3.05) is 0 Å². The fourth-order valence-electron chi connectivity index (χ4n) is 2.14. The van der Waals surface area contributed by atoms with Crippen LogP contribution in [0.2, 0.25) is 0 Å². The summed E-state index contributed by atoms with van der Waals surface area (Å²) in [5, 5.41) is 12.5. The molecule has 0 bridgehead atoms. The first-order valence-corrected chi connectivity index (χ1v) is 7.25. The highest BCUT2D eigenvalue weighted by Crippen LogP contribution is 2.22. The summed E-state index contributed by atoms with van der Waals surface area (Å²) in [6.07, 6.45) is 9.72. The largest absolute Gasteiger partial charge is 0.334 e. The minimum Gasteiger partial charge on any atom is -0.334 e. The lowest BCUT2D eigenvalue weighted by atomic mass is 9.89. The zero-order chi connectivity index (χ0) is 13.7. The van der Waals surface area contributed by atoms with E-state index >= 15 is 0 Å². The number of rotatable bonds is 8. The first kappa shape index (κ1) is 14.1. The van der Waals surface area contributed by atoms with E-state index in [2.05, 4.69) is 27.1 Å². The van der Waals surface area contributed by atoms with Crippen LogP contribution in [0, 0.1) is 16.7 Å². The van der Waals surface area contributed by atoms with Crippen LogP contribution in [0.3, 0.4) is 0 Å². The third-order valence-corrected chi connectivity index (χ3v) is 3.68. The zero-order valence-corrected chi connectivity index (χ0v) is 12.0. The molecule has 1 fully saturated rings. The van der Waals surface area contributed by atoms with Crippen LogP contribution in [0.25, 0.3) is 0 Å². The molecule has 0 saturated heterocycles. The van der Waals surface area contributed by atoms with E-state index in [0.29, 0.717) is 0 Å². The number of nitrogens with one attached hydrogen (secondary N) is 1. The summed E-state index contributed by atoms with van der Waals surface area (Å²) in [5.74, 6) is 1.13. The molecule has 1 heterocycles. The topological polar surface area (TPSA) is 53.6 Å². The molecule has 1 aliphatic carbocycles. The van der Waals surface area contributed by atoms with Gasteiger partial charge in [0.1, 0.15) is 5.82 Å². The summed E-state index contributed by atoms with van der Waals surface area (Å²) < 4.78 is 2.23. The number of aromatic nitrogens is 2. The molecule has 19 heavy (non-hydrogen) atoms. The van der Waals surface area contributed by atoms with Gasteiger partial charge in [0.15, 0.2) is 0 Å². The van der Waals surface area contributed by atoms with Gasteiger partial charge in [-0.05, 0) is 39.5 Å². The maximum atomic E-state index is 8.98. The molecule has 0 amide bonds. The summed E-state index contributed by atoms with van der Waals surface area (Å²) in [5.41, 5.74) is -0.189. The van der Waals surface area contributed by atoms with Crippen LogP contribution in [0.5, 0.6) is 0 Å². The van der Waals surface area contributed by atoms with Gasteiger partial charge in [-0.25, -0.2) is 4.98 Å². The van der Waals surface area contributed by atoms with Crippen molar-refractivity contribution in [3.8, 4) is 6.07 Å². The number of aryl methyl sites for hydroxylation is 1. The third kappa shape index (κ3) is 4.68. The molecule has 2 rings (SSSR count). The van der Waals surface area contributed by atoms with E-state index in [1.54, 1.807) is 0 Å². The number of nitrogens with zero attached hydrogens (tertiary/aromatic N) is 3. The van der Waals surface area contributed by atoms with Crippen LogP contribution in [-0.4, -0.2) is 15.6 Å². The second-order valence-electron chi connectivity index (χ2n) is 6.14. The number of hydrogen-bond donors (Lipinski definition) is 1. The Bertz CT molecular complexity index is 437. The molecule has 0 aliphatic heterocycles. The van der Waals surface area contributed by atoms with Crippen LogP contribution in [0.1, 0.15) is 51.8 Å². The Labute approximate surface area is 115 Å². The number of imidazole rings is 1. The third-order valence-electron chi connectivity index (χ3n) is 3.68. The van der Waals surface area contributed by atoms with Gasteiger partial charge in [-0.3, -0.25) is 0 Å². The molecule has 0 atom stereocenters. The fraction of sp³-hybridized carbons (Fsp3) is 0.733. The molecule has 0 spiro atoms. The van der Waals surface area contributed by atoms with Crippen molar-refractivity contribution in [3.63, 3.8) is 0 Å². The maximum Gasteiger partial charge on any atom is 0.122 e. The standard InChI is InChI=1S/C15H24N4/c1-15(2,12-16)7-3-4-9-19-10-8-17-14(19)11-18-13-5-6-13/h8,10,13,18H,3-7,9,11H2,1-2H3. The van der Waals surface area contributed by atoms with Gasteiger partial charge >= 0.3 is 0 Å². The number of nitriles is 1. The van der Waals surface area contributed by atoms with Gasteiger partial charge in [0.25, 0.3) is 0 Å². The molecule has 104 valence electrons. The Balaban J connectivity index is 1.70. The lowest BCUT2D eigenvalue weighted by Gasteiger charge is -2.15. The zero-order valence-electron chi connectivity index (χ0n) is 12.0. The Morgan fingerprint density at radius 3 is 2.95 bits per heavy atom. The van der Waals surface area contributed by atoms with Gasteiger partial charge in [0, 0.05) is 25.0 Å². The first-order chi connectivity index (χ1) is 9.11. The molecule has 0 radical (unpaired) electrons. The van der Waals surface area contributed by atoms with Crippen LogP contribution in [-0.2, 0) is 13.1 Å². The van der Waals surface area contributed by atoms with Crippen molar-refractivity contribution in [3.05, 3.63) is 18.2 Å². The smallest absolute Gasteiger partial charge is 0.122 e. The molecule has 0 unspecified atom stereocenters. The Morgan fingerprint density at radius 2 is 2.26 bits per heavy atom. The normalized spacial score (nSPS) is 15.4. The molecule has 0 aromatic carbocycles. The van der Waals surface area contributed by atoms with E-state index in [4.69, 9.17) is 5.26 Å². The summed E-state index contributed by atoms with van der Waals surface area (Å²) in [7, 11) is 0. The average Bonchev–Trinajstić information content (AvgIpc) is 3.12. The summed E-state index contributed by atoms with van der Waals surface area (Å²) >= 11 is 0. The Kier molecular flexibility index (Phi) is 4.60. The van der Waals surface area contributed by atoms with Gasteiger partial charge in [-0.2, -0.15) is 5.26 Å². The van der Waals surface area contributed by atoms with Crippen molar-refractivity contribution in [1.29, 1.82) is 5.26 Å². The molecule has 1 aliphatic rings. The van der Waals surface area contributed by atoms with Crippen LogP contribution in [0.15, 0.2) is 12.4 Å². The highest BCUT2D eigenvalue weighted by Gasteiger charge is 2.20. The van der Waals surface area contributed by atoms with Crippen LogP contribution >= 0.6 is 0 Å². The van der Waals surface area contributed by atoms with Gasteiger partial charge in [0.05, 0.1) is 18.0 Å². The van der Waals surface area contributed by atoms with Gasteiger partial charge in [-0.15, -0.1) is 0 Å². The first-order valence-electron chi connectivity index (χ1n) is 7.25. The minimum absolute atomic E-state index is 0.189. The Hall–Kier alpha value is -1.34. The fourth-order valence-corrected chi connectivity index (χ4v) is 2.14. The number of unbranched alkanes of at least 4 members (excludes halogenated alkanes) is 1. The molecule has 1 N–H and O–H groups in total. The van der Waals surface area contributed by atoms with Crippen molar-refractivity contribution >= 4 is 0 Å². The van der Waals surface area contributed by atoms with E-state index < -0.39 is 0 Å². The van der Waals surface area contributed by atoms with Crippen molar-refractivity contribution < 1.29 is 0 Å². The van der Waals surface area contributed by atoms with E-state index in [0.717, 1.165) is 44.2 Å². The van der Waals surface area contributed by atoms with Crippen LogP contribution < -0.4 is 5.32 Å². The second kappa shape index (κ2) is 6.21. The molecule has 1 saturated carbocycles. The molecule has 4 nitrogen and oxygen atoms in total. The van der Waals surface area contributed by atoms with E-state index in [9.17, 15) is 0 Å². The summed E-state index contributed by atoms with van der Waals surface area (Å²) in [4.78, 5) is 4.41. The molecule has 1 aromatic rings. The summed E-state index contributed by atoms with van der Waals surface area (Å²) in [6, 6.07) is 3.08. The molecule has 1 aromatic heterocycles. The number of hydrogen-bond acceptors (Lipinski definition) is 3. The quantitative estimate of drug-likeness (QED) is 0.731. The summed E-state index contributed by atoms with van der Waals surface area (Å²) in [6.45, 7) is 5.90. The van der Waals surface area contributed by atoms with Gasteiger partial charge < -0.3 is 9.88 Å². The maximum absolute atomic E-state index is 8.98. The van der Waals surface area contributed by atoms with E-state index in [-0.39, 0.29) is 5.41 Å².